The van der Waals surface area contributed by atoms with Crippen LogP contribution in [0, 0.1) is 5.82 Å². The van der Waals surface area contributed by atoms with Gasteiger partial charge in [-0.1, -0.05) is 37.3 Å². The summed E-state index contributed by atoms with van der Waals surface area (Å²) < 4.78 is 13.6. The third-order valence-corrected chi connectivity index (χ3v) is 3.22. The molecule has 2 unspecified atom stereocenters. The van der Waals surface area contributed by atoms with Crippen molar-refractivity contribution in [3.63, 3.8) is 0 Å². The van der Waals surface area contributed by atoms with Crippen LogP contribution in [0.5, 0.6) is 0 Å². The summed E-state index contributed by atoms with van der Waals surface area (Å²) in [5.74, 6) is -1.76. The van der Waals surface area contributed by atoms with Gasteiger partial charge in [0, 0.05) is 11.3 Å². The Morgan fingerprint density at radius 1 is 1.22 bits per heavy atom. The van der Waals surface area contributed by atoms with Gasteiger partial charge in [-0.25, -0.2) is 4.39 Å². The number of rotatable bonds is 3. The fourth-order valence-electron chi connectivity index (χ4n) is 2.10. The van der Waals surface area contributed by atoms with Crippen LogP contribution in [0.1, 0.15) is 18.4 Å². The summed E-state index contributed by atoms with van der Waals surface area (Å²) in [6, 6.07) is 8.94. The molecule has 2 aromatic rings. The third-order valence-electron chi connectivity index (χ3n) is 3.22. The Bertz CT molecular complexity index is 597. The quantitative estimate of drug-likeness (QED) is 0.875. The van der Waals surface area contributed by atoms with Gasteiger partial charge in [0.2, 0.25) is 0 Å². The van der Waals surface area contributed by atoms with Crippen LogP contribution in [0.25, 0.3) is 10.8 Å². The highest BCUT2D eigenvalue weighted by Gasteiger charge is 2.23. The van der Waals surface area contributed by atoms with E-state index in [4.69, 9.17) is 10.8 Å². The van der Waals surface area contributed by atoms with Crippen molar-refractivity contribution < 1.29 is 14.3 Å². The molecule has 2 aromatic carbocycles. The second-order valence-corrected chi connectivity index (χ2v) is 4.33. The van der Waals surface area contributed by atoms with Crippen molar-refractivity contribution in [2.45, 2.75) is 18.9 Å². The molecule has 3 N–H and O–H groups in total. The van der Waals surface area contributed by atoms with E-state index in [9.17, 15) is 9.18 Å². The van der Waals surface area contributed by atoms with Crippen LogP contribution in [0.15, 0.2) is 36.4 Å². The molecular weight excluding hydrogens is 233 g/mol. The van der Waals surface area contributed by atoms with Gasteiger partial charge in [-0.15, -0.1) is 0 Å². The Morgan fingerprint density at radius 2 is 1.83 bits per heavy atom. The highest BCUT2D eigenvalue weighted by molar-refractivity contribution is 5.87. The molecule has 0 spiro atoms. The topological polar surface area (TPSA) is 63.3 Å². The van der Waals surface area contributed by atoms with E-state index >= 15 is 0 Å². The summed E-state index contributed by atoms with van der Waals surface area (Å²) in [4.78, 5) is 10.9. The minimum absolute atomic E-state index is 0.314. The molecule has 3 nitrogen and oxygen atoms in total. The molecule has 2 atom stereocenters. The Kier molecular flexibility index (Phi) is 3.30. The highest BCUT2D eigenvalue weighted by atomic mass is 19.1. The first-order valence-electron chi connectivity index (χ1n) is 5.68. The maximum absolute atomic E-state index is 13.6. The van der Waals surface area contributed by atoms with Gasteiger partial charge in [0.25, 0.3) is 0 Å². The van der Waals surface area contributed by atoms with Gasteiger partial charge in [-0.3, -0.25) is 4.79 Å². The Labute approximate surface area is 104 Å². The lowest BCUT2D eigenvalue weighted by atomic mass is 9.89. The number of carboxylic acids is 1. The molecule has 0 heterocycles. The summed E-state index contributed by atoms with van der Waals surface area (Å²) >= 11 is 0. The molecule has 0 saturated carbocycles. The minimum atomic E-state index is -1.06. The van der Waals surface area contributed by atoms with Crippen molar-refractivity contribution in [2.75, 3.05) is 0 Å². The zero-order chi connectivity index (χ0) is 13.3. The summed E-state index contributed by atoms with van der Waals surface area (Å²) in [5, 5.41) is 10.1. The largest absolute Gasteiger partial charge is 0.480 e. The molecule has 94 valence electrons. The van der Waals surface area contributed by atoms with Crippen LogP contribution in [-0.2, 0) is 4.79 Å². The van der Waals surface area contributed by atoms with Crippen molar-refractivity contribution in [2.24, 2.45) is 5.73 Å². The van der Waals surface area contributed by atoms with Crippen molar-refractivity contribution in [1.82, 2.24) is 0 Å². The summed E-state index contributed by atoms with van der Waals surface area (Å²) in [7, 11) is 0. The average Bonchev–Trinajstić information content (AvgIpc) is 2.37. The van der Waals surface area contributed by atoms with Crippen LogP contribution in [0.2, 0.25) is 0 Å². The monoisotopic (exact) mass is 247 g/mol. The maximum Gasteiger partial charge on any atom is 0.321 e. The Morgan fingerprint density at radius 3 is 2.50 bits per heavy atom. The van der Waals surface area contributed by atoms with Crippen molar-refractivity contribution in [3.8, 4) is 0 Å². The molecule has 0 fully saturated rings. The van der Waals surface area contributed by atoms with E-state index in [1.165, 1.54) is 6.07 Å². The molecule has 0 saturated heterocycles. The number of carbonyl (C=O) groups is 1. The first-order valence-corrected chi connectivity index (χ1v) is 5.68. The predicted octanol–water partition coefficient (Wildman–Crippen LogP) is 2.49. The number of nitrogens with two attached hydrogens (primary N) is 1. The number of hydrogen-bond acceptors (Lipinski definition) is 2. The Hall–Kier alpha value is -1.94. The first-order chi connectivity index (χ1) is 8.52. The molecule has 18 heavy (non-hydrogen) atoms. The van der Waals surface area contributed by atoms with E-state index in [2.05, 4.69) is 0 Å². The molecular formula is C14H14FNO2. The normalized spacial score (nSPS) is 14.4. The van der Waals surface area contributed by atoms with E-state index in [1.54, 1.807) is 37.3 Å². The van der Waals surface area contributed by atoms with Gasteiger partial charge >= 0.3 is 5.97 Å². The van der Waals surface area contributed by atoms with E-state index in [0.29, 0.717) is 10.8 Å². The van der Waals surface area contributed by atoms with Crippen LogP contribution in [0.3, 0.4) is 0 Å². The number of hydrogen-bond donors (Lipinski definition) is 2. The van der Waals surface area contributed by atoms with Crippen LogP contribution < -0.4 is 5.73 Å². The highest BCUT2D eigenvalue weighted by Crippen LogP contribution is 2.28. The lowest BCUT2D eigenvalue weighted by Crippen LogP contribution is -2.35. The molecule has 0 aliphatic rings. The fraction of sp³-hybridized carbons (Fsp3) is 0.214. The molecule has 0 aromatic heterocycles. The number of aliphatic carboxylic acids is 1. The van der Waals surface area contributed by atoms with Gasteiger partial charge < -0.3 is 10.8 Å². The molecule has 0 amide bonds. The maximum atomic E-state index is 13.6. The van der Waals surface area contributed by atoms with Crippen LogP contribution in [0.4, 0.5) is 4.39 Å². The molecule has 2 rings (SSSR count). The molecule has 4 heteroatoms. The zero-order valence-corrected chi connectivity index (χ0v) is 9.93. The van der Waals surface area contributed by atoms with Crippen molar-refractivity contribution in [1.29, 1.82) is 0 Å². The number of carboxylic acid groups (broad SMARTS) is 1. The van der Waals surface area contributed by atoms with E-state index in [-0.39, 0.29) is 11.7 Å². The van der Waals surface area contributed by atoms with Gasteiger partial charge in [-0.05, 0) is 17.0 Å². The second kappa shape index (κ2) is 4.74. The van der Waals surface area contributed by atoms with Crippen LogP contribution >= 0.6 is 0 Å². The summed E-state index contributed by atoms with van der Waals surface area (Å²) in [5.41, 5.74) is 6.38. The summed E-state index contributed by atoms with van der Waals surface area (Å²) in [6.45, 7) is 1.73. The number of benzene rings is 2. The number of fused-ring (bicyclic) bond motifs is 1. The lowest BCUT2D eigenvalue weighted by molar-refractivity contribution is -0.138. The zero-order valence-electron chi connectivity index (χ0n) is 9.93. The molecule has 0 bridgehead atoms. The van der Waals surface area contributed by atoms with Crippen LogP contribution in [-0.4, -0.2) is 17.1 Å². The predicted molar refractivity (Wildman–Crippen MR) is 67.9 cm³/mol. The van der Waals surface area contributed by atoms with Crippen molar-refractivity contribution >= 4 is 16.7 Å². The molecule has 0 aliphatic carbocycles. The second-order valence-electron chi connectivity index (χ2n) is 4.33. The van der Waals surface area contributed by atoms with E-state index in [1.807, 2.05) is 0 Å². The van der Waals surface area contributed by atoms with E-state index < -0.39 is 12.0 Å². The smallest absolute Gasteiger partial charge is 0.321 e. The molecule has 0 radical (unpaired) electrons. The van der Waals surface area contributed by atoms with E-state index in [0.717, 1.165) is 5.56 Å². The first kappa shape index (κ1) is 12.5. The summed E-state index contributed by atoms with van der Waals surface area (Å²) in [6.07, 6.45) is 0. The lowest BCUT2D eigenvalue weighted by Gasteiger charge is -2.18. The third kappa shape index (κ3) is 2.07. The molecule has 0 aliphatic heterocycles. The SMILES string of the molecule is CC(c1cccc2c(F)cccc12)C(N)C(=O)O. The van der Waals surface area contributed by atoms with Gasteiger partial charge in [0.05, 0.1) is 0 Å². The van der Waals surface area contributed by atoms with Crippen molar-refractivity contribution in [3.05, 3.63) is 47.8 Å². The van der Waals surface area contributed by atoms with Gasteiger partial charge in [0.1, 0.15) is 11.9 Å². The minimum Gasteiger partial charge on any atom is -0.480 e. The standard InChI is InChI=1S/C14H14FNO2/c1-8(13(16)14(17)18)9-4-2-6-11-10(9)5-3-7-12(11)15/h2-8,13H,16H2,1H3,(H,17,18). The fourth-order valence-corrected chi connectivity index (χ4v) is 2.10. The van der Waals surface area contributed by atoms with Gasteiger partial charge in [0.15, 0.2) is 0 Å². The number of halogens is 1. The Balaban J connectivity index is 2.58. The van der Waals surface area contributed by atoms with Gasteiger partial charge in [-0.2, -0.15) is 0 Å². The average molecular weight is 247 g/mol.